The number of benzene rings is 1. The van der Waals surface area contributed by atoms with E-state index in [9.17, 15) is 4.79 Å². The number of rotatable bonds is 9. The Morgan fingerprint density at radius 1 is 1.21 bits per heavy atom. The van der Waals surface area contributed by atoms with Crippen LogP contribution in [0.2, 0.25) is 0 Å². The van der Waals surface area contributed by atoms with Gasteiger partial charge in [-0.2, -0.15) is 0 Å². The van der Waals surface area contributed by atoms with Gasteiger partial charge < -0.3 is 25.0 Å². The summed E-state index contributed by atoms with van der Waals surface area (Å²) < 4.78 is 10.8. The minimum Gasteiger partial charge on any atom is -0.450 e. The summed E-state index contributed by atoms with van der Waals surface area (Å²) in [7, 11) is 1.78. The number of carbonyl (C=O) groups is 1. The Morgan fingerprint density at radius 3 is 2.59 bits per heavy atom. The van der Waals surface area contributed by atoms with E-state index in [1.807, 2.05) is 13.0 Å². The Bertz CT molecular complexity index is 593. The van der Waals surface area contributed by atoms with Gasteiger partial charge in [-0.3, -0.25) is 4.99 Å². The number of guanidine groups is 1. The number of ether oxygens (including phenoxy) is 2. The Morgan fingerprint density at radius 2 is 1.93 bits per heavy atom. The number of halogens is 1. The molecular weight excluding hydrogens is 483 g/mol. The van der Waals surface area contributed by atoms with Gasteiger partial charge in [0.05, 0.1) is 13.2 Å². The topological polar surface area (TPSA) is 75.2 Å². The minimum absolute atomic E-state index is 0. The molecule has 0 saturated carbocycles. The Labute approximate surface area is 191 Å². The SMILES string of the molecule is CCOC(=O)N1CCC(NC(=NC)NCCCOCCc2ccccc2)CC1.I. The number of likely N-dealkylation sites (tertiary alicyclic amines) is 1. The number of amides is 1. The third-order valence-corrected chi connectivity index (χ3v) is 4.72. The zero-order valence-electron chi connectivity index (χ0n) is 17.6. The molecule has 2 N–H and O–H groups in total. The number of aliphatic imine (C=N–C) groups is 1. The van der Waals surface area contributed by atoms with Crippen molar-refractivity contribution in [3.8, 4) is 0 Å². The van der Waals surface area contributed by atoms with Crippen LogP contribution < -0.4 is 10.6 Å². The fourth-order valence-corrected chi connectivity index (χ4v) is 3.13. The second-order valence-electron chi connectivity index (χ2n) is 6.81. The predicted molar refractivity (Wildman–Crippen MR) is 127 cm³/mol. The highest BCUT2D eigenvalue weighted by Gasteiger charge is 2.23. The Hall–Kier alpha value is -1.55. The van der Waals surface area contributed by atoms with E-state index in [0.29, 0.717) is 25.7 Å². The summed E-state index contributed by atoms with van der Waals surface area (Å²) in [5, 5.41) is 6.77. The quantitative estimate of drug-likeness (QED) is 0.228. The van der Waals surface area contributed by atoms with Crippen molar-refractivity contribution in [2.24, 2.45) is 4.99 Å². The monoisotopic (exact) mass is 518 g/mol. The van der Waals surface area contributed by atoms with E-state index in [1.54, 1.807) is 11.9 Å². The third-order valence-electron chi connectivity index (χ3n) is 4.72. The largest absolute Gasteiger partial charge is 0.450 e. The van der Waals surface area contributed by atoms with Gasteiger partial charge in [-0.05, 0) is 38.2 Å². The fraction of sp³-hybridized carbons (Fsp3) is 0.619. The first-order chi connectivity index (χ1) is 13.7. The molecule has 8 heteroatoms. The Balaban J connectivity index is 0.00000420. The fourth-order valence-electron chi connectivity index (χ4n) is 3.13. The maximum atomic E-state index is 11.7. The normalized spacial score (nSPS) is 14.8. The van der Waals surface area contributed by atoms with Gasteiger partial charge in [0.2, 0.25) is 0 Å². The standard InChI is InChI=1S/C21H34N4O3.HI/c1-3-28-21(26)25-14-10-19(11-15-25)24-20(22-2)23-13-7-16-27-17-12-18-8-5-4-6-9-18;/h4-6,8-9,19H,3,7,10-17H2,1-2H3,(H2,22,23,24);1H. The van der Waals surface area contributed by atoms with Crippen LogP contribution in [0.4, 0.5) is 4.79 Å². The van der Waals surface area contributed by atoms with Crippen LogP contribution in [0.1, 0.15) is 31.7 Å². The van der Waals surface area contributed by atoms with Gasteiger partial charge in [-0.25, -0.2) is 4.79 Å². The maximum absolute atomic E-state index is 11.7. The van der Waals surface area contributed by atoms with Crippen LogP contribution in [-0.2, 0) is 15.9 Å². The van der Waals surface area contributed by atoms with Gasteiger partial charge in [0.15, 0.2) is 5.96 Å². The second-order valence-corrected chi connectivity index (χ2v) is 6.81. The zero-order chi connectivity index (χ0) is 20.0. The lowest BCUT2D eigenvalue weighted by Crippen LogP contribution is -2.50. The van der Waals surface area contributed by atoms with E-state index in [1.165, 1.54) is 5.56 Å². The summed E-state index contributed by atoms with van der Waals surface area (Å²) in [5.41, 5.74) is 1.30. The molecule has 1 amide bonds. The van der Waals surface area contributed by atoms with E-state index in [0.717, 1.165) is 51.4 Å². The Kier molecular flexibility index (Phi) is 13.5. The lowest BCUT2D eigenvalue weighted by atomic mass is 10.1. The maximum Gasteiger partial charge on any atom is 0.409 e. The summed E-state index contributed by atoms with van der Waals surface area (Å²) in [6.45, 7) is 5.96. The van der Waals surface area contributed by atoms with Crippen molar-refractivity contribution in [1.82, 2.24) is 15.5 Å². The van der Waals surface area contributed by atoms with Crippen molar-refractivity contribution < 1.29 is 14.3 Å². The van der Waals surface area contributed by atoms with E-state index in [2.05, 4.69) is 39.9 Å². The number of piperidine rings is 1. The molecule has 0 spiro atoms. The molecule has 164 valence electrons. The van der Waals surface area contributed by atoms with Crippen molar-refractivity contribution in [1.29, 1.82) is 0 Å². The highest BCUT2D eigenvalue weighted by molar-refractivity contribution is 14.0. The minimum atomic E-state index is -0.212. The molecular formula is C21H35IN4O3. The molecule has 0 unspecified atom stereocenters. The molecule has 1 aromatic carbocycles. The molecule has 0 aliphatic carbocycles. The van der Waals surface area contributed by atoms with Crippen LogP contribution in [0.15, 0.2) is 35.3 Å². The van der Waals surface area contributed by atoms with Crippen LogP contribution in [0.25, 0.3) is 0 Å². The first-order valence-corrected chi connectivity index (χ1v) is 10.2. The van der Waals surface area contributed by atoms with Gasteiger partial charge >= 0.3 is 6.09 Å². The van der Waals surface area contributed by atoms with E-state index >= 15 is 0 Å². The molecule has 0 aromatic heterocycles. The summed E-state index contributed by atoms with van der Waals surface area (Å²) in [6.07, 6.45) is 3.44. The van der Waals surface area contributed by atoms with Gasteiger partial charge in [-0.1, -0.05) is 30.3 Å². The van der Waals surface area contributed by atoms with Crippen LogP contribution >= 0.6 is 24.0 Å². The van der Waals surface area contributed by atoms with E-state index in [-0.39, 0.29) is 30.1 Å². The summed E-state index contributed by atoms with van der Waals surface area (Å²) in [5.74, 6) is 0.805. The molecule has 0 atom stereocenters. The summed E-state index contributed by atoms with van der Waals surface area (Å²) in [6, 6.07) is 10.7. The summed E-state index contributed by atoms with van der Waals surface area (Å²) in [4.78, 5) is 17.8. The zero-order valence-corrected chi connectivity index (χ0v) is 19.9. The van der Waals surface area contributed by atoms with Crippen molar-refractivity contribution >= 4 is 36.0 Å². The smallest absolute Gasteiger partial charge is 0.409 e. The molecule has 1 fully saturated rings. The van der Waals surface area contributed by atoms with Crippen molar-refractivity contribution in [3.63, 3.8) is 0 Å². The number of nitrogens with zero attached hydrogens (tertiary/aromatic N) is 2. The summed E-state index contributed by atoms with van der Waals surface area (Å²) >= 11 is 0. The number of nitrogens with one attached hydrogen (secondary N) is 2. The van der Waals surface area contributed by atoms with Gasteiger partial charge in [0.1, 0.15) is 0 Å². The molecule has 29 heavy (non-hydrogen) atoms. The van der Waals surface area contributed by atoms with Crippen molar-refractivity contribution in [3.05, 3.63) is 35.9 Å². The second kappa shape index (κ2) is 15.3. The molecule has 1 aromatic rings. The number of carbonyl (C=O) groups excluding carboxylic acids is 1. The molecule has 1 aliphatic heterocycles. The molecule has 7 nitrogen and oxygen atoms in total. The average molecular weight is 518 g/mol. The highest BCUT2D eigenvalue weighted by atomic mass is 127. The van der Waals surface area contributed by atoms with Gasteiger partial charge in [0.25, 0.3) is 0 Å². The predicted octanol–water partition coefficient (Wildman–Crippen LogP) is 3.04. The first kappa shape index (κ1) is 25.5. The highest BCUT2D eigenvalue weighted by Crippen LogP contribution is 2.11. The van der Waals surface area contributed by atoms with Crippen LogP contribution in [0.5, 0.6) is 0 Å². The van der Waals surface area contributed by atoms with Crippen LogP contribution in [0, 0.1) is 0 Å². The molecule has 2 rings (SSSR count). The molecule has 0 radical (unpaired) electrons. The average Bonchev–Trinajstić information content (AvgIpc) is 2.73. The molecule has 1 aliphatic rings. The van der Waals surface area contributed by atoms with E-state index in [4.69, 9.17) is 9.47 Å². The molecule has 0 bridgehead atoms. The van der Waals surface area contributed by atoms with Crippen molar-refractivity contribution in [2.45, 2.75) is 38.6 Å². The van der Waals surface area contributed by atoms with Gasteiger partial charge in [0, 0.05) is 39.3 Å². The van der Waals surface area contributed by atoms with Gasteiger partial charge in [-0.15, -0.1) is 24.0 Å². The lowest BCUT2D eigenvalue weighted by Gasteiger charge is -2.32. The van der Waals surface area contributed by atoms with Crippen LogP contribution in [0.3, 0.4) is 0 Å². The first-order valence-electron chi connectivity index (χ1n) is 10.2. The lowest BCUT2D eigenvalue weighted by molar-refractivity contribution is 0.0963. The molecule has 1 heterocycles. The number of hydrogen-bond donors (Lipinski definition) is 2. The van der Waals surface area contributed by atoms with E-state index < -0.39 is 0 Å². The number of hydrogen-bond acceptors (Lipinski definition) is 4. The van der Waals surface area contributed by atoms with Crippen molar-refractivity contribution in [2.75, 3.05) is 46.5 Å². The molecule has 1 saturated heterocycles. The third kappa shape index (κ3) is 10.2. The van der Waals surface area contributed by atoms with Crippen LogP contribution in [-0.4, -0.2) is 69.5 Å².